The van der Waals surface area contributed by atoms with Crippen molar-refractivity contribution in [3.05, 3.63) is 48.5 Å². The number of ether oxygens (including phenoxy) is 1. The van der Waals surface area contributed by atoms with E-state index < -0.39 is 0 Å². The van der Waals surface area contributed by atoms with Crippen LogP contribution in [0.2, 0.25) is 0 Å². The smallest absolute Gasteiger partial charge is 0.119 e. The Morgan fingerprint density at radius 2 is 1.58 bits per heavy atom. The van der Waals surface area contributed by atoms with Crippen LogP contribution in [0.5, 0.6) is 11.5 Å². The number of hydrogen-bond donors (Lipinski definition) is 2. The molecule has 19 heavy (non-hydrogen) atoms. The van der Waals surface area contributed by atoms with Gasteiger partial charge in [-0.05, 0) is 54.1 Å². The number of aromatic hydroxyl groups is 1. The second-order valence-corrected chi connectivity index (χ2v) is 4.61. The van der Waals surface area contributed by atoms with Crippen molar-refractivity contribution in [2.75, 3.05) is 6.61 Å². The van der Waals surface area contributed by atoms with Crippen LogP contribution in [0.1, 0.15) is 6.92 Å². The lowest BCUT2D eigenvalue weighted by Crippen LogP contribution is -2.24. The van der Waals surface area contributed by atoms with E-state index in [1.807, 2.05) is 43.3 Å². The number of nitrogens with one attached hydrogen (secondary N) is 1. The molecule has 0 aliphatic carbocycles. The third-order valence-corrected chi connectivity index (χ3v) is 3.11. The van der Waals surface area contributed by atoms with Gasteiger partial charge in [-0.15, -0.1) is 0 Å². The van der Waals surface area contributed by atoms with Crippen molar-refractivity contribution >= 4 is 11.8 Å². The maximum absolute atomic E-state index is 9.26. The summed E-state index contributed by atoms with van der Waals surface area (Å²) in [6.45, 7) is 2.46. The molecule has 2 aromatic carbocycles. The molecule has 1 unspecified atom stereocenters. The van der Waals surface area contributed by atoms with Crippen LogP contribution >= 0.6 is 11.8 Å². The van der Waals surface area contributed by atoms with Crippen molar-refractivity contribution in [1.82, 2.24) is 4.84 Å². The van der Waals surface area contributed by atoms with Crippen molar-refractivity contribution in [3.8, 4) is 22.6 Å². The largest absolute Gasteiger partial charge is 0.508 e. The number of rotatable bonds is 5. The highest BCUT2D eigenvalue weighted by Gasteiger charge is 2.02. The van der Waals surface area contributed by atoms with Gasteiger partial charge in [0.15, 0.2) is 0 Å². The third kappa shape index (κ3) is 3.88. The van der Waals surface area contributed by atoms with Crippen LogP contribution in [0.4, 0.5) is 0 Å². The lowest BCUT2D eigenvalue weighted by molar-refractivity contribution is 0.289. The molecule has 0 amide bonds. The summed E-state index contributed by atoms with van der Waals surface area (Å²) in [5, 5.41) is 9.26. The summed E-state index contributed by atoms with van der Waals surface area (Å²) < 4.78 is 5.58. The van der Waals surface area contributed by atoms with E-state index in [0.717, 1.165) is 16.9 Å². The Morgan fingerprint density at radius 3 is 2.11 bits per heavy atom. The molecule has 0 radical (unpaired) electrons. The van der Waals surface area contributed by atoms with Crippen LogP contribution in [-0.4, -0.2) is 17.8 Å². The van der Waals surface area contributed by atoms with Gasteiger partial charge in [-0.2, -0.15) is 0 Å². The average molecular weight is 278 g/mol. The fourth-order valence-corrected chi connectivity index (χ4v) is 1.71. The Kier molecular flexibility index (Phi) is 4.66. The minimum atomic E-state index is 0.0958. The molecule has 2 N–H and O–H groups in total. The Morgan fingerprint density at radius 1 is 1.05 bits per heavy atom. The monoisotopic (exact) mass is 277 g/mol. The summed E-state index contributed by atoms with van der Waals surface area (Å²) >= 11 is 5.49. The summed E-state index contributed by atoms with van der Waals surface area (Å²) in [6.07, 6.45) is 0. The lowest BCUT2D eigenvalue weighted by Gasteiger charge is -2.11. The van der Waals surface area contributed by atoms with Gasteiger partial charge in [-0.25, -0.2) is 4.84 Å². The predicted molar refractivity (Wildman–Crippen MR) is 77.5 cm³/mol. The van der Waals surface area contributed by atoms with Crippen molar-refractivity contribution < 1.29 is 9.84 Å². The summed E-state index contributed by atoms with van der Waals surface area (Å²) in [7, 11) is 0. The highest BCUT2D eigenvalue weighted by atomic mass is 35.5. The predicted octanol–water partition coefficient (Wildman–Crippen LogP) is 3.57. The second-order valence-electron chi connectivity index (χ2n) is 4.39. The molecule has 0 spiro atoms. The van der Waals surface area contributed by atoms with Gasteiger partial charge in [0, 0.05) is 0 Å². The Hall–Kier alpha value is -1.71. The quantitative estimate of drug-likeness (QED) is 0.821. The summed E-state index contributed by atoms with van der Waals surface area (Å²) in [4.78, 5) is 2.60. The molecule has 100 valence electrons. The first-order valence-electron chi connectivity index (χ1n) is 6.07. The molecule has 0 bridgehead atoms. The number of hydrogen-bond acceptors (Lipinski definition) is 3. The van der Waals surface area contributed by atoms with E-state index in [4.69, 9.17) is 16.5 Å². The Labute approximate surface area is 117 Å². The minimum Gasteiger partial charge on any atom is -0.508 e. The fraction of sp³-hybridized carbons (Fsp3) is 0.200. The van der Waals surface area contributed by atoms with Crippen LogP contribution in [0, 0.1) is 0 Å². The highest BCUT2D eigenvalue weighted by molar-refractivity contribution is 6.13. The van der Waals surface area contributed by atoms with Gasteiger partial charge in [0.1, 0.15) is 18.1 Å². The number of halogens is 1. The van der Waals surface area contributed by atoms with Crippen molar-refractivity contribution in [1.29, 1.82) is 0 Å². The van der Waals surface area contributed by atoms with Crippen LogP contribution in [0.15, 0.2) is 48.5 Å². The molecule has 2 rings (SSSR count). The first-order chi connectivity index (χ1) is 9.19. The number of phenolic OH excluding ortho intramolecular Hbond substituents is 1. The lowest BCUT2D eigenvalue weighted by atomic mass is 10.1. The van der Waals surface area contributed by atoms with Gasteiger partial charge in [0.2, 0.25) is 0 Å². The van der Waals surface area contributed by atoms with Crippen LogP contribution < -0.4 is 9.57 Å². The van der Waals surface area contributed by atoms with Crippen LogP contribution in [0.3, 0.4) is 0 Å². The molecular formula is C15H16ClNO2. The van der Waals surface area contributed by atoms with E-state index >= 15 is 0 Å². The third-order valence-electron chi connectivity index (χ3n) is 2.74. The maximum atomic E-state index is 9.26. The topological polar surface area (TPSA) is 41.5 Å². The molecular weight excluding hydrogens is 262 g/mol. The van der Waals surface area contributed by atoms with Crippen molar-refractivity contribution in [2.45, 2.75) is 13.0 Å². The zero-order valence-corrected chi connectivity index (χ0v) is 11.4. The molecule has 0 aromatic heterocycles. The molecule has 4 heteroatoms. The summed E-state index contributed by atoms with van der Waals surface area (Å²) in [6, 6.07) is 15.0. The maximum Gasteiger partial charge on any atom is 0.119 e. The van der Waals surface area contributed by atoms with Crippen LogP contribution in [0.25, 0.3) is 11.1 Å². The molecule has 0 aliphatic rings. The van der Waals surface area contributed by atoms with Crippen molar-refractivity contribution in [3.63, 3.8) is 0 Å². The second kappa shape index (κ2) is 6.45. The number of benzene rings is 2. The molecule has 3 nitrogen and oxygen atoms in total. The molecule has 0 saturated heterocycles. The number of phenols is 1. The van der Waals surface area contributed by atoms with Gasteiger partial charge in [0.25, 0.3) is 0 Å². The molecule has 2 aromatic rings. The van der Waals surface area contributed by atoms with Gasteiger partial charge in [-0.1, -0.05) is 24.3 Å². The van der Waals surface area contributed by atoms with E-state index in [9.17, 15) is 5.11 Å². The van der Waals surface area contributed by atoms with E-state index in [1.54, 1.807) is 12.1 Å². The van der Waals surface area contributed by atoms with E-state index in [-0.39, 0.29) is 11.8 Å². The van der Waals surface area contributed by atoms with E-state index in [1.165, 1.54) is 0 Å². The fourth-order valence-electron chi connectivity index (χ4n) is 1.65. The molecule has 1 atom stereocenters. The zero-order valence-electron chi connectivity index (χ0n) is 10.6. The zero-order chi connectivity index (χ0) is 13.7. The van der Waals surface area contributed by atoms with Gasteiger partial charge >= 0.3 is 0 Å². The van der Waals surface area contributed by atoms with Crippen LogP contribution in [-0.2, 0) is 0 Å². The normalized spacial score (nSPS) is 12.1. The first kappa shape index (κ1) is 13.7. The van der Waals surface area contributed by atoms with Crippen molar-refractivity contribution in [2.24, 2.45) is 0 Å². The molecule has 0 fully saturated rings. The summed E-state index contributed by atoms with van der Waals surface area (Å²) in [5.74, 6) is 1.08. The Balaban J connectivity index is 2.04. The summed E-state index contributed by atoms with van der Waals surface area (Å²) in [5.41, 5.74) is 2.14. The van der Waals surface area contributed by atoms with E-state index in [2.05, 4.69) is 4.84 Å². The standard InChI is InChI=1S/C15H16ClNO2/c1-11(17-16)10-19-15-8-4-13(5-9-15)12-2-6-14(18)7-3-12/h2-9,11,17-18H,10H2,1H3. The van der Waals surface area contributed by atoms with E-state index in [0.29, 0.717) is 6.61 Å². The highest BCUT2D eigenvalue weighted by Crippen LogP contribution is 2.24. The molecule has 0 aliphatic heterocycles. The first-order valence-corrected chi connectivity index (χ1v) is 6.45. The molecule has 0 heterocycles. The Bertz CT molecular complexity index is 511. The average Bonchev–Trinajstić information content (AvgIpc) is 2.46. The minimum absolute atomic E-state index is 0.0958. The van der Waals surface area contributed by atoms with Gasteiger partial charge < -0.3 is 9.84 Å². The SMILES string of the molecule is CC(COc1ccc(-c2ccc(O)cc2)cc1)NCl. The molecule has 0 saturated carbocycles. The van der Waals surface area contributed by atoms with Gasteiger partial charge in [0.05, 0.1) is 6.04 Å². The van der Waals surface area contributed by atoms with Gasteiger partial charge in [-0.3, -0.25) is 0 Å².